The van der Waals surface area contributed by atoms with Crippen LogP contribution in [-0.2, 0) is 14.3 Å². The fourth-order valence-electron chi connectivity index (χ4n) is 1.25. The Kier molecular flexibility index (Phi) is 0.990. The normalized spacial score (nSPS) is 40.7. The molecule has 2 heterocycles. The summed E-state index contributed by atoms with van der Waals surface area (Å²) in [4.78, 5) is 10.7. The first-order chi connectivity index (χ1) is 4.36. The van der Waals surface area contributed by atoms with E-state index in [4.69, 9.17) is 9.47 Å². The Hall–Kier alpha value is -0.570. The molecule has 2 atom stereocenters. The molecule has 3 heteroatoms. The molecule has 2 aliphatic heterocycles. The lowest BCUT2D eigenvalue weighted by Crippen LogP contribution is -2.19. The zero-order valence-electron chi connectivity index (χ0n) is 5.00. The van der Waals surface area contributed by atoms with E-state index < -0.39 is 0 Å². The van der Waals surface area contributed by atoms with Gasteiger partial charge in [0.25, 0.3) is 0 Å². The summed E-state index contributed by atoms with van der Waals surface area (Å²) in [6.45, 7) is 0. The molecule has 50 valence electrons. The van der Waals surface area contributed by atoms with Crippen LogP contribution in [-0.4, -0.2) is 18.4 Å². The van der Waals surface area contributed by atoms with Crippen LogP contribution in [0.2, 0.25) is 0 Å². The zero-order chi connectivity index (χ0) is 6.27. The molecule has 0 N–H and O–H groups in total. The van der Waals surface area contributed by atoms with Gasteiger partial charge in [0.05, 0.1) is 0 Å². The molecule has 2 bridgehead atoms. The Balaban J connectivity index is 2.15. The first-order valence-corrected chi connectivity index (χ1v) is 3.22. The van der Waals surface area contributed by atoms with Crippen LogP contribution in [0.5, 0.6) is 0 Å². The highest BCUT2D eigenvalue weighted by Gasteiger charge is 2.38. The highest BCUT2D eigenvalue weighted by atomic mass is 16.8. The minimum atomic E-state index is -0.233. The van der Waals surface area contributed by atoms with Gasteiger partial charge in [-0.2, -0.15) is 0 Å². The SMILES string of the molecule is O=C1O[C@H]2CCC[C@@H]1O2. The van der Waals surface area contributed by atoms with Crippen molar-refractivity contribution in [3.63, 3.8) is 0 Å². The third-order valence-electron chi connectivity index (χ3n) is 1.73. The van der Waals surface area contributed by atoms with Crippen molar-refractivity contribution in [1.29, 1.82) is 0 Å². The van der Waals surface area contributed by atoms with E-state index >= 15 is 0 Å². The summed E-state index contributed by atoms with van der Waals surface area (Å²) in [6.07, 6.45) is 2.33. The van der Waals surface area contributed by atoms with E-state index in [0.29, 0.717) is 0 Å². The van der Waals surface area contributed by atoms with Crippen molar-refractivity contribution >= 4 is 5.97 Å². The van der Waals surface area contributed by atoms with E-state index in [1.54, 1.807) is 0 Å². The number of hydrogen-bond acceptors (Lipinski definition) is 3. The maximum absolute atomic E-state index is 10.7. The maximum Gasteiger partial charge on any atom is 0.337 e. The van der Waals surface area contributed by atoms with Crippen molar-refractivity contribution in [3.8, 4) is 0 Å². The van der Waals surface area contributed by atoms with E-state index in [-0.39, 0.29) is 18.4 Å². The Morgan fingerprint density at radius 2 is 2.33 bits per heavy atom. The molecule has 0 spiro atoms. The Bertz CT molecular complexity index is 143. The molecule has 2 aliphatic rings. The summed E-state index contributed by atoms with van der Waals surface area (Å²) in [7, 11) is 0. The molecule has 0 aliphatic carbocycles. The second kappa shape index (κ2) is 1.70. The van der Waals surface area contributed by atoms with E-state index in [1.165, 1.54) is 0 Å². The van der Waals surface area contributed by atoms with E-state index in [9.17, 15) is 4.79 Å². The van der Waals surface area contributed by atoms with Gasteiger partial charge in [0.1, 0.15) is 0 Å². The highest BCUT2D eigenvalue weighted by Crippen LogP contribution is 2.27. The van der Waals surface area contributed by atoms with E-state index in [2.05, 4.69) is 0 Å². The molecule has 0 radical (unpaired) electrons. The van der Waals surface area contributed by atoms with Crippen LogP contribution in [0.3, 0.4) is 0 Å². The smallest absolute Gasteiger partial charge is 0.337 e. The van der Waals surface area contributed by atoms with Gasteiger partial charge in [-0.05, 0) is 12.8 Å². The lowest BCUT2D eigenvalue weighted by molar-refractivity contribution is -0.143. The van der Waals surface area contributed by atoms with Crippen LogP contribution in [0, 0.1) is 0 Å². The van der Waals surface area contributed by atoms with Gasteiger partial charge >= 0.3 is 5.97 Å². The molecule has 0 aromatic carbocycles. The molecule has 2 saturated heterocycles. The van der Waals surface area contributed by atoms with Crippen molar-refractivity contribution in [2.45, 2.75) is 31.7 Å². The van der Waals surface area contributed by atoms with Crippen LogP contribution >= 0.6 is 0 Å². The average Bonchev–Trinajstić information content (AvgIpc) is 2.09. The number of fused-ring (bicyclic) bond motifs is 2. The number of hydrogen-bond donors (Lipinski definition) is 0. The minimum Gasteiger partial charge on any atom is -0.434 e. The van der Waals surface area contributed by atoms with Gasteiger partial charge < -0.3 is 9.47 Å². The van der Waals surface area contributed by atoms with Crippen molar-refractivity contribution in [2.75, 3.05) is 0 Å². The lowest BCUT2D eigenvalue weighted by Gasteiger charge is -2.13. The number of rotatable bonds is 0. The number of ether oxygens (including phenoxy) is 2. The maximum atomic E-state index is 10.7. The number of carbonyl (C=O) groups is 1. The molecule has 9 heavy (non-hydrogen) atoms. The second-order valence-corrected chi connectivity index (χ2v) is 2.42. The monoisotopic (exact) mass is 128 g/mol. The minimum absolute atomic E-state index is 0.169. The van der Waals surface area contributed by atoms with Crippen LogP contribution < -0.4 is 0 Å². The third kappa shape index (κ3) is 0.721. The van der Waals surface area contributed by atoms with Gasteiger partial charge in [0, 0.05) is 6.42 Å². The summed E-state index contributed by atoms with van der Waals surface area (Å²) in [6, 6.07) is 0. The summed E-state index contributed by atoms with van der Waals surface area (Å²) in [5.74, 6) is -0.169. The van der Waals surface area contributed by atoms with Gasteiger partial charge in [-0.25, -0.2) is 4.79 Å². The Labute approximate surface area is 52.9 Å². The van der Waals surface area contributed by atoms with Gasteiger partial charge in [0.15, 0.2) is 6.10 Å². The molecule has 0 aromatic rings. The predicted octanol–water partition coefficient (Wildman–Crippen LogP) is 0.438. The summed E-state index contributed by atoms with van der Waals surface area (Å²) < 4.78 is 9.96. The Morgan fingerprint density at radius 1 is 1.44 bits per heavy atom. The summed E-state index contributed by atoms with van der Waals surface area (Å²) >= 11 is 0. The average molecular weight is 128 g/mol. The third-order valence-corrected chi connectivity index (χ3v) is 1.73. The quantitative estimate of drug-likeness (QED) is 0.444. The van der Waals surface area contributed by atoms with Crippen molar-refractivity contribution in [2.24, 2.45) is 0 Å². The van der Waals surface area contributed by atoms with Gasteiger partial charge in [0.2, 0.25) is 6.29 Å². The number of carbonyl (C=O) groups excluding carboxylic acids is 1. The first-order valence-electron chi connectivity index (χ1n) is 3.22. The molecule has 0 aromatic heterocycles. The molecule has 2 fully saturated rings. The van der Waals surface area contributed by atoms with Crippen LogP contribution in [0.4, 0.5) is 0 Å². The standard InChI is InChI=1S/C6H8O3/c7-6-4-2-1-3-5(8-4)9-6/h4-5H,1-3H2/t4-,5-/m0/s1. The molecular weight excluding hydrogens is 120 g/mol. The first kappa shape index (κ1) is 5.23. The molecule has 0 unspecified atom stereocenters. The van der Waals surface area contributed by atoms with E-state index in [0.717, 1.165) is 19.3 Å². The summed E-state index contributed by atoms with van der Waals surface area (Å²) in [5, 5.41) is 0. The van der Waals surface area contributed by atoms with Crippen LogP contribution in [0.15, 0.2) is 0 Å². The van der Waals surface area contributed by atoms with Crippen molar-refractivity contribution < 1.29 is 14.3 Å². The molecular formula is C6H8O3. The lowest BCUT2D eigenvalue weighted by atomic mass is 10.1. The fourth-order valence-corrected chi connectivity index (χ4v) is 1.25. The molecule has 0 amide bonds. The zero-order valence-corrected chi connectivity index (χ0v) is 5.00. The highest BCUT2D eigenvalue weighted by molar-refractivity contribution is 5.76. The molecule has 2 rings (SSSR count). The van der Waals surface area contributed by atoms with E-state index in [1.807, 2.05) is 0 Å². The topological polar surface area (TPSA) is 35.5 Å². The summed E-state index contributed by atoms with van der Waals surface area (Å²) in [5.41, 5.74) is 0. The van der Waals surface area contributed by atoms with Crippen molar-refractivity contribution in [1.82, 2.24) is 0 Å². The Morgan fingerprint density at radius 3 is 3.00 bits per heavy atom. The molecule has 3 nitrogen and oxygen atoms in total. The molecule has 0 saturated carbocycles. The van der Waals surface area contributed by atoms with Gasteiger partial charge in [-0.3, -0.25) is 0 Å². The largest absolute Gasteiger partial charge is 0.434 e. The van der Waals surface area contributed by atoms with Gasteiger partial charge in [-0.1, -0.05) is 0 Å². The second-order valence-electron chi connectivity index (χ2n) is 2.42. The predicted molar refractivity (Wildman–Crippen MR) is 28.6 cm³/mol. The van der Waals surface area contributed by atoms with Crippen molar-refractivity contribution in [3.05, 3.63) is 0 Å². The number of esters is 1. The van der Waals surface area contributed by atoms with Crippen LogP contribution in [0.1, 0.15) is 19.3 Å². The van der Waals surface area contributed by atoms with Crippen LogP contribution in [0.25, 0.3) is 0 Å². The van der Waals surface area contributed by atoms with Gasteiger partial charge in [-0.15, -0.1) is 0 Å². The fraction of sp³-hybridized carbons (Fsp3) is 0.833.